The molecular formula is C14H22N2O. The first-order valence-electron chi connectivity index (χ1n) is 5.98. The van der Waals surface area contributed by atoms with Crippen LogP contribution in [0.5, 0.6) is 0 Å². The van der Waals surface area contributed by atoms with Crippen molar-refractivity contribution < 1.29 is 4.79 Å². The first-order chi connectivity index (χ1) is 7.88. The van der Waals surface area contributed by atoms with Crippen LogP contribution >= 0.6 is 0 Å². The number of nitrogens with zero attached hydrogens (tertiary/aromatic N) is 2. The maximum Gasteiger partial charge on any atom is 0.324 e. The summed E-state index contributed by atoms with van der Waals surface area (Å²) < 4.78 is 0. The highest BCUT2D eigenvalue weighted by atomic mass is 16.2. The Kier molecular flexibility index (Phi) is 4.16. The van der Waals surface area contributed by atoms with Gasteiger partial charge in [0.15, 0.2) is 0 Å². The van der Waals surface area contributed by atoms with Gasteiger partial charge in [0.25, 0.3) is 0 Å². The summed E-state index contributed by atoms with van der Waals surface area (Å²) in [7, 11) is 1.81. The molecule has 1 aromatic carbocycles. The van der Waals surface area contributed by atoms with Gasteiger partial charge in [-0.05, 0) is 39.8 Å². The van der Waals surface area contributed by atoms with Crippen molar-refractivity contribution in [3.8, 4) is 0 Å². The summed E-state index contributed by atoms with van der Waals surface area (Å²) >= 11 is 0. The van der Waals surface area contributed by atoms with Crippen LogP contribution in [0.4, 0.5) is 10.5 Å². The lowest BCUT2D eigenvalue weighted by molar-refractivity contribution is 0.157. The van der Waals surface area contributed by atoms with Gasteiger partial charge in [-0.2, -0.15) is 0 Å². The number of hydrogen-bond acceptors (Lipinski definition) is 1. The third kappa shape index (κ3) is 3.22. The highest BCUT2D eigenvalue weighted by Crippen LogP contribution is 2.19. The predicted octanol–water partition coefficient (Wildman–Crippen LogP) is 3.36. The number of para-hydroxylation sites is 1. The van der Waals surface area contributed by atoms with Crippen molar-refractivity contribution in [3.05, 3.63) is 30.3 Å². The smallest absolute Gasteiger partial charge is 0.320 e. The molecule has 0 N–H and O–H groups in total. The number of benzene rings is 1. The SMILES string of the molecule is CCN(C(=O)N(C)c1ccccc1)C(C)(C)C. The number of rotatable bonds is 2. The third-order valence-electron chi connectivity index (χ3n) is 2.79. The first-order valence-corrected chi connectivity index (χ1v) is 5.98. The van der Waals surface area contributed by atoms with Gasteiger partial charge in [-0.1, -0.05) is 18.2 Å². The van der Waals surface area contributed by atoms with Gasteiger partial charge in [0.1, 0.15) is 0 Å². The lowest BCUT2D eigenvalue weighted by atomic mass is 10.1. The largest absolute Gasteiger partial charge is 0.324 e. The van der Waals surface area contributed by atoms with Crippen molar-refractivity contribution in [2.75, 3.05) is 18.5 Å². The number of hydrogen-bond donors (Lipinski definition) is 0. The molecule has 2 amide bonds. The van der Waals surface area contributed by atoms with Gasteiger partial charge >= 0.3 is 6.03 Å². The standard InChI is InChI=1S/C14H22N2O/c1-6-16(14(2,3)4)13(17)15(5)12-10-8-7-9-11-12/h7-11H,6H2,1-5H3. The summed E-state index contributed by atoms with van der Waals surface area (Å²) in [6.07, 6.45) is 0. The molecule has 0 saturated heterocycles. The summed E-state index contributed by atoms with van der Waals surface area (Å²) in [5.41, 5.74) is 0.759. The molecule has 0 fully saturated rings. The molecule has 0 aromatic heterocycles. The lowest BCUT2D eigenvalue weighted by Gasteiger charge is -2.37. The Morgan fingerprint density at radius 2 is 1.71 bits per heavy atom. The summed E-state index contributed by atoms with van der Waals surface area (Å²) in [4.78, 5) is 15.9. The van der Waals surface area contributed by atoms with Gasteiger partial charge < -0.3 is 4.90 Å². The van der Waals surface area contributed by atoms with E-state index >= 15 is 0 Å². The number of carbonyl (C=O) groups is 1. The highest BCUT2D eigenvalue weighted by molar-refractivity contribution is 5.91. The molecular weight excluding hydrogens is 212 g/mol. The summed E-state index contributed by atoms with van der Waals surface area (Å²) in [6, 6.07) is 9.73. The van der Waals surface area contributed by atoms with Gasteiger partial charge in [0.05, 0.1) is 0 Å². The van der Waals surface area contributed by atoms with Crippen LogP contribution in [0.1, 0.15) is 27.7 Å². The fourth-order valence-electron chi connectivity index (χ4n) is 1.84. The van der Waals surface area contributed by atoms with Crippen LogP contribution in [0.25, 0.3) is 0 Å². The van der Waals surface area contributed by atoms with Gasteiger partial charge in [-0.25, -0.2) is 4.79 Å². The molecule has 3 nitrogen and oxygen atoms in total. The van der Waals surface area contributed by atoms with Crippen molar-refractivity contribution in [3.63, 3.8) is 0 Å². The van der Waals surface area contributed by atoms with Gasteiger partial charge in [-0.15, -0.1) is 0 Å². The number of urea groups is 1. The fourth-order valence-corrected chi connectivity index (χ4v) is 1.84. The van der Waals surface area contributed by atoms with Crippen molar-refractivity contribution in [2.24, 2.45) is 0 Å². The van der Waals surface area contributed by atoms with E-state index in [1.807, 2.05) is 70.0 Å². The van der Waals surface area contributed by atoms with Crippen molar-refractivity contribution in [2.45, 2.75) is 33.2 Å². The second-order valence-corrected chi connectivity index (χ2v) is 5.09. The van der Waals surface area contributed by atoms with E-state index in [0.29, 0.717) is 6.54 Å². The van der Waals surface area contributed by atoms with E-state index in [-0.39, 0.29) is 11.6 Å². The zero-order valence-electron chi connectivity index (χ0n) is 11.4. The quantitative estimate of drug-likeness (QED) is 0.769. The molecule has 0 spiro atoms. The van der Waals surface area contributed by atoms with E-state index in [1.165, 1.54) is 0 Å². The molecule has 0 bridgehead atoms. The zero-order chi connectivity index (χ0) is 13.1. The van der Waals surface area contributed by atoms with E-state index < -0.39 is 0 Å². The Morgan fingerprint density at radius 1 is 1.18 bits per heavy atom. The summed E-state index contributed by atoms with van der Waals surface area (Å²) in [5.74, 6) is 0. The molecule has 1 aromatic rings. The minimum Gasteiger partial charge on any atom is -0.320 e. The molecule has 0 atom stereocenters. The Morgan fingerprint density at radius 3 is 2.12 bits per heavy atom. The van der Waals surface area contributed by atoms with Crippen LogP contribution in [0.2, 0.25) is 0 Å². The second kappa shape index (κ2) is 5.21. The number of amides is 2. The van der Waals surface area contributed by atoms with E-state index in [2.05, 4.69) is 0 Å². The van der Waals surface area contributed by atoms with Crippen molar-refractivity contribution in [1.82, 2.24) is 4.90 Å². The first kappa shape index (κ1) is 13.6. The van der Waals surface area contributed by atoms with Gasteiger partial charge in [-0.3, -0.25) is 4.90 Å². The summed E-state index contributed by atoms with van der Waals surface area (Å²) in [6.45, 7) is 8.86. The highest BCUT2D eigenvalue weighted by Gasteiger charge is 2.27. The maximum atomic E-state index is 12.4. The molecule has 1 rings (SSSR count). The Balaban J connectivity index is 2.90. The maximum absolute atomic E-state index is 12.4. The monoisotopic (exact) mass is 234 g/mol. The molecule has 0 aliphatic carbocycles. The van der Waals surface area contributed by atoms with Crippen LogP contribution < -0.4 is 4.90 Å². The Labute approximate surface area is 104 Å². The van der Waals surface area contributed by atoms with E-state index in [9.17, 15) is 4.79 Å². The van der Waals surface area contributed by atoms with E-state index in [1.54, 1.807) is 4.90 Å². The van der Waals surface area contributed by atoms with Crippen molar-refractivity contribution in [1.29, 1.82) is 0 Å². The Bertz CT molecular complexity index is 368. The van der Waals surface area contributed by atoms with E-state index in [0.717, 1.165) is 5.69 Å². The van der Waals surface area contributed by atoms with Crippen LogP contribution in [0.15, 0.2) is 30.3 Å². The average Bonchev–Trinajstić information content (AvgIpc) is 2.28. The normalized spacial score (nSPS) is 11.1. The number of carbonyl (C=O) groups excluding carboxylic acids is 1. The minimum absolute atomic E-state index is 0.0335. The predicted molar refractivity (Wildman–Crippen MR) is 72.4 cm³/mol. The topological polar surface area (TPSA) is 23.6 Å². The number of anilines is 1. The van der Waals surface area contributed by atoms with E-state index in [4.69, 9.17) is 0 Å². The van der Waals surface area contributed by atoms with Crippen LogP contribution in [-0.4, -0.2) is 30.1 Å². The lowest BCUT2D eigenvalue weighted by Crippen LogP contribution is -2.50. The van der Waals surface area contributed by atoms with Crippen LogP contribution in [0, 0.1) is 0 Å². The molecule has 0 aliphatic heterocycles. The Hall–Kier alpha value is -1.51. The van der Waals surface area contributed by atoms with Gasteiger partial charge in [0, 0.05) is 24.8 Å². The zero-order valence-corrected chi connectivity index (χ0v) is 11.4. The van der Waals surface area contributed by atoms with Crippen molar-refractivity contribution >= 4 is 11.7 Å². The van der Waals surface area contributed by atoms with Gasteiger partial charge in [0.2, 0.25) is 0 Å². The third-order valence-corrected chi connectivity index (χ3v) is 2.79. The summed E-state index contributed by atoms with van der Waals surface area (Å²) in [5, 5.41) is 0. The molecule has 17 heavy (non-hydrogen) atoms. The average molecular weight is 234 g/mol. The second-order valence-electron chi connectivity index (χ2n) is 5.09. The van der Waals surface area contributed by atoms with Crippen LogP contribution in [0.3, 0.4) is 0 Å². The molecule has 0 aliphatic rings. The molecule has 0 heterocycles. The minimum atomic E-state index is -0.158. The van der Waals surface area contributed by atoms with Crippen LogP contribution in [-0.2, 0) is 0 Å². The molecule has 0 saturated carbocycles. The molecule has 94 valence electrons. The molecule has 0 unspecified atom stereocenters. The fraction of sp³-hybridized carbons (Fsp3) is 0.500. The molecule has 3 heteroatoms. The molecule has 0 radical (unpaired) electrons.